The van der Waals surface area contributed by atoms with Gasteiger partial charge in [-0.25, -0.2) is 0 Å². The summed E-state index contributed by atoms with van der Waals surface area (Å²) in [6.45, 7) is 5.31. The zero-order valence-corrected chi connectivity index (χ0v) is 13.2. The molecule has 1 fully saturated rings. The van der Waals surface area contributed by atoms with Crippen molar-refractivity contribution in [1.82, 2.24) is 8.61 Å². The molecule has 0 aromatic carbocycles. The molecule has 1 rings (SSSR count). The van der Waals surface area contributed by atoms with Crippen molar-refractivity contribution in [2.24, 2.45) is 0 Å². The maximum atomic E-state index is 12.7. The lowest BCUT2D eigenvalue weighted by atomic mass is 10.0. The number of rotatable bonds is 8. The first-order chi connectivity index (χ1) is 9.43. The smallest absolute Gasteiger partial charge is 0.304 e. The summed E-state index contributed by atoms with van der Waals surface area (Å²) >= 11 is 0. The van der Waals surface area contributed by atoms with Crippen molar-refractivity contribution in [1.29, 1.82) is 0 Å². The van der Waals surface area contributed by atoms with Gasteiger partial charge < -0.3 is 5.11 Å². The molecule has 0 radical (unpaired) electrons. The lowest BCUT2D eigenvalue weighted by Gasteiger charge is -2.37. The van der Waals surface area contributed by atoms with E-state index in [-0.39, 0.29) is 6.42 Å². The molecule has 0 aromatic heterocycles. The Morgan fingerprint density at radius 1 is 1.25 bits per heavy atom. The molecule has 1 aliphatic rings. The van der Waals surface area contributed by atoms with Crippen LogP contribution in [0.1, 0.15) is 52.4 Å². The fourth-order valence-electron chi connectivity index (χ4n) is 2.67. The van der Waals surface area contributed by atoms with E-state index >= 15 is 0 Å². The molecule has 7 heteroatoms. The number of nitrogens with zero attached hydrogens (tertiary/aromatic N) is 2. The Hall–Kier alpha value is -0.660. The quantitative estimate of drug-likeness (QED) is 0.740. The van der Waals surface area contributed by atoms with Crippen molar-refractivity contribution < 1.29 is 18.3 Å². The van der Waals surface area contributed by atoms with Gasteiger partial charge in [0.15, 0.2) is 0 Å². The van der Waals surface area contributed by atoms with Gasteiger partial charge in [-0.3, -0.25) is 4.79 Å². The molecule has 1 unspecified atom stereocenters. The van der Waals surface area contributed by atoms with Gasteiger partial charge in [-0.05, 0) is 25.7 Å². The average molecular weight is 306 g/mol. The van der Waals surface area contributed by atoms with Crippen molar-refractivity contribution >= 4 is 16.2 Å². The first-order valence-corrected chi connectivity index (χ1v) is 8.81. The van der Waals surface area contributed by atoms with Crippen LogP contribution in [0.3, 0.4) is 0 Å². The van der Waals surface area contributed by atoms with E-state index in [9.17, 15) is 13.2 Å². The van der Waals surface area contributed by atoms with Crippen molar-refractivity contribution in [3.63, 3.8) is 0 Å². The van der Waals surface area contributed by atoms with Gasteiger partial charge in [0.25, 0.3) is 10.2 Å². The van der Waals surface area contributed by atoms with Crippen LogP contribution in [-0.4, -0.2) is 53.8 Å². The summed E-state index contributed by atoms with van der Waals surface area (Å²) < 4.78 is 28.3. The van der Waals surface area contributed by atoms with Gasteiger partial charge in [0.05, 0.1) is 6.42 Å². The minimum absolute atomic E-state index is 0.106. The molecular formula is C13H26N2O4S. The standard InChI is InChI=1S/C13H26N2O4S/c1-3-8-14(9-4-2)20(18,19)15-10-6-5-7-12(15)11-13(16)17/h12H,3-11H2,1-2H3,(H,16,17). The van der Waals surface area contributed by atoms with E-state index in [4.69, 9.17) is 5.11 Å². The molecule has 0 aromatic rings. The minimum atomic E-state index is -3.54. The summed E-state index contributed by atoms with van der Waals surface area (Å²) in [4.78, 5) is 10.9. The second-order valence-corrected chi connectivity index (χ2v) is 7.15. The van der Waals surface area contributed by atoms with E-state index in [0.717, 1.165) is 25.7 Å². The summed E-state index contributed by atoms with van der Waals surface area (Å²) in [5, 5.41) is 8.96. The van der Waals surface area contributed by atoms with Crippen LogP contribution in [0.15, 0.2) is 0 Å². The Balaban J connectivity index is 2.92. The largest absolute Gasteiger partial charge is 0.481 e. The van der Waals surface area contributed by atoms with Crippen molar-refractivity contribution in [2.45, 2.75) is 58.4 Å². The number of hydrogen-bond acceptors (Lipinski definition) is 3. The molecule has 118 valence electrons. The fourth-order valence-corrected chi connectivity index (χ4v) is 4.71. The molecule has 1 N–H and O–H groups in total. The van der Waals surface area contributed by atoms with Crippen LogP contribution in [0.25, 0.3) is 0 Å². The highest BCUT2D eigenvalue weighted by Crippen LogP contribution is 2.25. The lowest BCUT2D eigenvalue weighted by Crippen LogP contribution is -2.51. The van der Waals surface area contributed by atoms with Crippen LogP contribution in [0.5, 0.6) is 0 Å². The fraction of sp³-hybridized carbons (Fsp3) is 0.923. The summed E-state index contributed by atoms with van der Waals surface area (Å²) in [7, 11) is -3.54. The third kappa shape index (κ3) is 4.43. The van der Waals surface area contributed by atoms with E-state index in [1.165, 1.54) is 8.61 Å². The zero-order chi connectivity index (χ0) is 15.2. The second-order valence-electron chi connectivity index (χ2n) is 5.27. The molecular weight excluding hydrogens is 280 g/mol. The predicted molar refractivity (Wildman–Crippen MR) is 77.7 cm³/mol. The second kappa shape index (κ2) is 7.95. The maximum absolute atomic E-state index is 12.7. The van der Waals surface area contributed by atoms with Crippen molar-refractivity contribution in [2.75, 3.05) is 19.6 Å². The van der Waals surface area contributed by atoms with Crippen molar-refractivity contribution in [3.05, 3.63) is 0 Å². The Labute approximate surface area is 121 Å². The third-order valence-electron chi connectivity index (χ3n) is 3.55. The number of carbonyl (C=O) groups is 1. The molecule has 0 saturated carbocycles. The van der Waals surface area contributed by atoms with Crippen LogP contribution in [0.2, 0.25) is 0 Å². The number of aliphatic carboxylic acids is 1. The molecule has 0 bridgehead atoms. The summed E-state index contributed by atoms with van der Waals surface area (Å²) in [6, 6.07) is -0.400. The highest BCUT2D eigenvalue weighted by atomic mass is 32.2. The first-order valence-electron chi connectivity index (χ1n) is 7.42. The van der Waals surface area contributed by atoms with Gasteiger partial charge in [-0.1, -0.05) is 20.3 Å². The van der Waals surface area contributed by atoms with Crippen molar-refractivity contribution in [3.8, 4) is 0 Å². The van der Waals surface area contributed by atoms with Gasteiger partial charge in [-0.2, -0.15) is 17.0 Å². The Morgan fingerprint density at radius 3 is 2.35 bits per heavy atom. The van der Waals surface area contributed by atoms with Crippen LogP contribution >= 0.6 is 0 Å². The monoisotopic (exact) mass is 306 g/mol. The van der Waals surface area contributed by atoms with E-state index in [0.29, 0.717) is 26.1 Å². The first kappa shape index (κ1) is 17.4. The maximum Gasteiger partial charge on any atom is 0.304 e. The van der Waals surface area contributed by atoms with Gasteiger partial charge in [-0.15, -0.1) is 0 Å². The lowest BCUT2D eigenvalue weighted by molar-refractivity contribution is -0.138. The molecule has 0 aliphatic carbocycles. The molecule has 6 nitrogen and oxygen atoms in total. The average Bonchev–Trinajstić information content (AvgIpc) is 2.38. The highest BCUT2D eigenvalue weighted by Gasteiger charge is 2.36. The Bertz CT molecular complexity index is 405. The SMILES string of the molecule is CCCN(CCC)S(=O)(=O)N1CCCCC1CC(=O)O. The van der Waals surface area contributed by atoms with Gasteiger partial charge in [0, 0.05) is 25.7 Å². The van der Waals surface area contributed by atoms with E-state index in [1.807, 2.05) is 13.8 Å². The summed E-state index contributed by atoms with van der Waals surface area (Å²) in [5.74, 6) is -0.936. The van der Waals surface area contributed by atoms with Crippen LogP contribution in [0, 0.1) is 0 Å². The van der Waals surface area contributed by atoms with E-state index in [1.54, 1.807) is 0 Å². The zero-order valence-electron chi connectivity index (χ0n) is 12.4. The van der Waals surface area contributed by atoms with Gasteiger partial charge >= 0.3 is 5.97 Å². The number of piperidine rings is 1. The number of carboxylic acids is 1. The molecule has 0 amide bonds. The highest BCUT2D eigenvalue weighted by molar-refractivity contribution is 7.86. The van der Waals surface area contributed by atoms with E-state index in [2.05, 4.69) is 0 Å². The van der Waals surface area contributed by atoms with E-state index < -0.39 is 22.2 Å². The molecule has 1 atom stereocenters. The molecule has 1 aliphatic heterocycles. The molecule has 1 saturated heterocycles. The van der Waals surface area contributed by atoms with Crippen LogP contribution < -0.4 is 0 Å². The third-order valence-corrected chi connectivity index (χ3v) is 5.64. The van der Waals surface area contributed by atoms with Crippen LogP contribution in [0.4, 0.5) is 0 Å². The Morgan fingerprint density at radius 2 is 1.85 bits per heavy atom. The van der Waals surface area contributed by atoms with Gasteiger partial charge in [0.1, 0.15) is 0 Å². The summed E-state index contributed by atoms with van der Waals surface area (Å²) in [5.41, 5.74) is 0. The number of carboxylic acid groups (broad SMARTS) is 1. The molecule has 0 spiro atoms. The minimum Gasteiger partial charge on any atom is -0.481 e. The molecule has 20 heavy (non-hydrogen) atoms. The predicted octanol–water partition coefficient (Wildman–Crippen LogP) is 1.68. The normalized spacial score (nSPS) is 21.2. The topological polar surface area (TPSA) is 77.9 Å². The molecule has 1 heterocycles. The van der Waals surface area contributed by atoms with Gasteiger partial charge in [0.2, 0.25) is 0 Å². The number of hydrogen-bond donors (Lipinski definition) is 1. The van der Waals surface area contributed by atoms with Crippen LogP contribution in [-0.2, 0) is 15.0 Å². The Kier molecular flexibility index (Phi) is 6.91. The summed E-state index contributed by atoms with van der Waals surface area (Å²) in [6.07, 6.45) is 3.75.